The van der Waals surface area contributed by atoms with E-state index in [9.17, 15) is 9.59 Å². The number of anilines is 1. The van der Waals surface area contributed by atoms with Crippen LogP contribution >= 0.6 is 35.0 Å². The molecule has 1 aromatic heterocycles. The van der Waals surface area contributed by atoms with Gasteiger partial charge in [0.25, 0.3) is 5.91 Å². The van der Waals surface area contributed by atoms with E-state index >= 15 is 0 Å². The van der Waals surface area contributed by atoms with Gasteiger partial charge in [-0.05, 0) is 30.3 Å². The SMILES string of the molecule is COc1cccc(C(=O)NCc2nnc(SCC(=O)Nc3cccc(Cl)c3Cl)n2C)c1. The van der Waals surface area contributed by atoms with Crippen LogP contribution in [0, 0.1) is 0 Å². The molecule has 162 valence electrons. The van der Waals surface area contributed by atoms with Gasteiger partial charge in [0, 0.05) is 12.6 Å². The minimum Gasteiger partial charge on any atom is -0.497 e. The minimum absolute atomic E-state index is 0.102. The summed E-state index contributed by atoms with van der Waals surface area (Å²) >= 11 is 13.2. The zero-order valence-corrected chi connectivity index (χ0v) is 19.0. The fourth-order valence-corrected chi connectivity index (χ4v) is 3.64. The van der Waals surface area contributed by atoms with Gasteiger partial charge >= 0.3 is 0 Å². The third-order valence-corrected chi connectivity index (χ3v) is 6.06. The third kappa shape index (κ3) is 5.90. The van der Waals surface area contributed by atoms with Crippen LogP contribution in [0.4, 0.5) is 5.69 Å². The summed E-state index contributed by atoms with van der Waals surface area (Å²) in [4.78, 5) is 24.6. The summed E-state index contributed by atoms with van der Waals surface area (Å²) < 4.78 is 6.85. The van der Waals surface area contributed by atoms with Crippen molar-refractivity contribution in [2.24, 2.45) is 7.05 Å². The Labute approximate surface area is 193 Å². The highest BCUT2D eigenvalue weighted by molar-refractivity contribution is 7.99. The number of nitrogens with zero attached hydrogens (tertiary/aromatic N) is 3. The number of methoxy groups -OCH3 is 1. The Hall–Kier alpha value is -2.75. The van der Waals surface area contributed by atoms with Gasteiger partial charge in [-0.15, -0.1) is 10.2 Å². The van der Waals surface area contributed by atoms with Crippen molar-refractivity contribution in [1.29, 1.82) is 0 Å². The first-order chi connectivity index (χ1) is 14.9. The van der Waals surface area contributed by atoms with E-state index in [4.69, 9.17) is 27.9 Å². The van der Waals surface area contributed by atoms with E-state index in [1.165, 1.54) is 11.8 Å². The highest BCUT2D eigenvalue weighted by atomic mass is 35.5. The van der Waals surface area contributed by atoms with E-state index in [1.54, 1.807) is 61.2 Å². The lowest BCUT2D eigenvalue weighted by atomic mass is 10.2. The molecule has 1 heterocycles. The van der Waals surface area contributed by atoms with Crippen molar-refractivity contribution in [3.05, 3.63) is 63.9 Å². The van der Waals surface area contributed by atoms with E-state index in [0.717, 1.165) is 0 Å². The van der Waals surface area contributed by atoms with E-state index in [2.05, 4.69) is 20.8 Å². The van der Waals surface area contributed by atoms with Crippen LogP contribution in [0.5, 0.6) is 5.75 Å². The number of ether oxygens (including phenoxy) is 1. The molecular formula is C20H19Cl2N5O3S. The predicted octanol–water partition coefficient (Wildman–Crippen LogP) is 3.79. The van der Waals surface area contributed by atoms with Crippen LogP contribution < -0.4 is 15.4 Å². The topological polar surface area (TPSA) is 98.1 Å². The second-order valence-corrected chi connectivity index (χ2v) is 8.04. The molecule has 0 saturated heterocycles. The molecule has 0 fully saturated rings. The molecule has 8 nitrogen and oxygen atoms in total. The molecule has 0 radical (unpaired) electrons. The molecule has 0 saturated carbocycles. The summed E-state index contributed by atoms with van der Waals surface area (Å²) in [6.45, 7) is 0.185. The van der Waals surface area contributed by atoms with Gasteiger partial charge in [0.05, 0.1) is 35.1 Å². The molecule has 2 N–H and O–H groups in total. The predicted molar refractivity (Wildman–Crippen MR) is 121 cm³/mol. The smallest absolute Gasteiger partial charge is 0.251 e. The molecular weight excluding hydrogens is 461 g/mol. The maximum atomic E-state index is 12.3. The first-order valence-corrected chi connectivity index (χ1v) is 10.8. The number of thioether (sulfide) groups is 1. The normalized spacial score (nSPS) is 10.6. The van der Waals surface area contributed by atoms with E-state index < -0.39 is 0 Å². The number of nitrogens with one attached hydrogen (secondary N) is 2. The molecule has 0 unspecified atom stereocenters. The molecule has 0 bridgehead atoms. The maximum absolute atomic E-state index is 12.3. The van der Waals surface area contributed by atoms with Crippen LogP contribution in [0.2, 0.25) is 10.0 Å². The quantitative estimate of drug-likeness (QED) is 0.476. The molecule has 0 aliphatic heterocycles. The van der Waals surface area contributed by atoms with E-state index in [-0.39, 0.29) is 29.1 Å². The van der Waals surface area contributed by atoms with Gasteiger partial charge in [0.15, 0.2) is 11.0 Å². The molecule has 0 atom stereocenters. The number of aromatic nitrogens is 3. The Balaban J connectivity index is 1.54. The Morgan fingerprint density at radius 2 is 1.94 bits per heavy atom. The van der Waals surface area contributed by atoms with Gasteiger partial charge in [-0.3, -0.25) is 9.59 Å². The van der Waals surface area contributed by atoms with Gasteiger partial charge in [-0.25, -0.2) is 0 Å². The van der Waals surface area contributed by atoms with Crippen LogP contribution in [0.25, 0.3) is 0 Å². The Kier molecular flexibility index (Phi) is 7.78. The first-order valence-electron chi connectivity index (χ1n) is 9.06. The zero-order valence-electron chi connectivity index (χ0n) is 16.7. The molecule has 11 heteroatoms. The largest absolute Gasteiger partial charge is 0.497 e. The lowest BCUT2D eigenvalue weighted by molar-refractivity contribution is -0.113. The lowest BCUT2D eigenvalue weighted by Crippen LogP contribution is -2.24. The number of hydrogen-bond acceptors (Lipinski definition) is 6. The first kappa shape index (κ1) is 22.9. The van der Waals surface area contributed by atoms with Gasteiger partial charge in [-0.2, -0.15) is 0 Å². The highest BCUT2D eigenvalue weighted by Gasteiger charge is 2.14. The number of rotatable bonds is 8. The summed E-state index contributed by atoms with van der Waals surface area (Å²) in [6.07, 6.45) is 0. The summed E-state index contributed by atoms with van der Waals surface area (Å²) in [7, 11) is 3.31. The van der Waals surface area contributed by atoms with E-state index in [1.807, 2.05) is 0 Å². The van der Waals surface area contributed by atoms with Gasteiger partial charge in [0.1, 0.15) is 5.75 Å². The van der Waals surface area contributed by atoms with Crippen LogP contribution in [-0.4, -0.2) is 39.4 Å². The van der Waals surface area contributed by atoms with Crippen LogP contribution in [-0.2, 0) is 18.4 Å². The van der Waals surface area contributed by atoms with Crippen LogP contribution in [0.15, 0.2) is 47.6 Å². The van der Waals surface area contributed by atoms with Crippen molar-refractivity contribution in [3.8, 4) is 5.75 Å². The minimum atomic E-state index is -0.259. The van der Waals surface area contributed by atoms with Crippen molar-refractivity contribution < 1.29 is 14.3 Å². The molecule has 31 heavy (non-hydrogen) atoms. The summed E-state index contributed by atoms with van der Waals surface area (Å²) in [6, 6.07) is 11.9. The summed E-state index contributed by atoms with van der Waals surface area (Å²) in [5, 5.41) is 14.9. The van der Waals surface area contributed by atoms with Gasteiger partial charge < -0.3 is 19.9 Å². The summed E-state index contributed by atoms with van der Waals surface area (Å²) in [5.74, 6) is 0.739. The Morgan fingerprint density at radius 3 is 2.71 bits per heavy atom. The number of amides is 2. The number of carbonyl (C=O) groups is 2. The third-order valence-electron chi connectivity index (χ3n) is 4.22. The average molecular weight is 480 g/mol. The Bertz CT molecular complexity index is 1110. The van der Waals surface area contributed by atoms with Crippen molar-refractivity contribution >= 4 is 52.5 Å². The van der Waals surface area contributed by atoms with E-state index in [0.29, 0.717) is 33.0 Å². The van der Waals surface area contributed by atoms with Gasteiger partial charge in [0.2, 0.25) is 5.91 Å². The highest BCUT2D eigenvalue weighted by Crippen LogP contribution is 2.29. The fourth-order valence-electron chi connectivity index (χ4n) is 2.57. The molecule has 3 aromatic rings. The number of carbonyl (C=O) groups excluding carboxylic acids is 2. The Morgan fingerprint density at radius 1 is 1.16 bits per heavy atom. The molecule has 2 amide bonds. The second-order valence-electron chi connectivity index (χ2n) is 6.31. The average Bonchev–Trinajstić information content (AvgIpc) is 3.13. The maximum Gasteiger partial charge on any atom is 0.251 e. The zero-order chi connectivity index (χ0) is 22.4. The van der Waals surface area contributed by atoms with Crippen molar-refractivity contribution in [2.75, 3.05) is 18.2 Å². The standard InChI is InChI=1S/C20H19Cl2N5O3S/c1-27-16(10-23-19(29)12-5-3-6-13(9-12)30-2)25-26-20(27)31-11-17(28)24-15-8-4-7-14(21)18(15)22/h3-9H,10-11H2,1-2H3,(H,23,29)(H,24,28). The van der Waals surface area contributed by atoms with Crippen molar-refractivity contribution in [1.82, 2.24) is 20.1 Å². The van der Waals surface area contributed by atoms with Crippen LogP contribution in [0.3, 0.4) is 0 Å². The molecule has 2 aromatic carbocycles. The lowest BCUT2D eigenvalue weighted by Gasteiger charge is -2.08. The molecule has 0 aliphatic carbocycles. The number of hydrogen-bond donors (Lipinski definition) is 2. The summed E-state index contributed by atoms with van der Waals surface area (Å²) in [5.41, 5.74) is 0.922. The monoisotopic (exact) mass is 479 g/mol. The van der Waals surface area contributed by atoms with Crippen molar-refractivity contribution in [3.63, 3.8) is 0 Å². The van der Waals surface area contributed by atoms with Crippen LogP contribution in [0.1, 0.15) is 16.2 Å². The number of halogens is 2. The molecule has 0 spiro atoms. The molecule has 3 rings (SSSR count). The van der Waals surface area contributed by atoms with Crippen molar-refractivity contribution in [2.45, 2.75) is 11.7 Å². The fraction of sp³-hybridized carbons (Fsp3) is 0.200. The molecule has 0 aliphatic rings. The van der Waals surface area contributed by atoms with Gasteiger partial charge in [-0.1, -0.05) is 47.1 Å². The number of benzene rings is 2. The second kappa shape index (κ2) is 10.5.